The van der Waals surface area contributed by atoms with Crippen molar-refractivity contribution in [3.05, 3.63) is 29.3 Å². The molecule has 0 amide bonds. The maximum absolute atomic E-state index is 12.4. The second kappa shape index (κ2) is 6.69. The first kappa shape index (κ1) is 14.9. The van der Waals surface area contributed by atoms with Crippen molar-refractivity contribution in [3.63, 3.8) is 0 Å². The first-order valence-electron chi connectivity index (χ1n) is 6.15. The molecule has 2 unspecified atom stereocenters. The van der Waals surface area contributed by atoms with Gasteiger partial charge in [-0.15, -0.1) is 0 Å². The van der Waals surface area contributed by atoms with Crippen LogP contribution in [-0.2, 0) is 20.3 Å². The van der Waals surface area contributed by atoms with Crippen LogP contribution in [0.5, 0.6) is 0 Å². The molecule has 0 saturated carbocycles. The van der Waals surface area contributed by atoms with E-state index in [4.69, 9.17) is 4.74 Å². The van der Waals surface area contributed by atoms with Crippen LogP contribution in [-0.4, -0.2) is 22.0 Å². The average molecular weight is 268 g/mol. The van der Waals surface area contributed by atoms with Gasteiger partial charge in [0.05, 0.1) is 17.4 Å². The topological polar surface area (TPSA) is 43.4 Å². The lowest BCUT2D eigenvalue weighted by atomic mass is 10.2. The van der Waals surface area contributed by atoms with Crippen molar-refractivity contribution in [2.45, 2.75) is 44.3 Å². The Bertz CT molecular complexity index is 454. The van der Waals surface area contributed by atoms with Crippen molar-refractivity contribution in [1.82, 2.24) is 0 Å². The third-order valence-corrected chi connectivity index (χ3v) is 4.66. The van der Waals surface area contributed by atoms with Gasteiger partial charge < -0.3 is 4.74 Å². The third kappa shape index (κ3) is 3.42. The van der Waals surface area contributed by atoms with Crippen molar-refractivity contribution in [2.75, 3.05) is 6.61 Å². The fourth-order valence-corrected chi connectivity index (χ4v) is 3.25. The van der Waals surface area contributed by atoms with Crippen LogP contribution in [0.3, 0.4) is 0 Å². The number of esters is 1. The monoisotopic (exact) mass is 268 g/mol. The molecule has 0 aliphatic carbocycles. The average Bonchev–Trinajstić information content (AvgIpc) is 2.29. The molecule has 0 fully saturated rings. The van der Waals surface area contributed by atoms with E-state index in [9.17, 15) is 9.00 Å². The normalized spacial score (nSPS) is 14.0. The molecule has 18 heavy (non-hydrogen) atoms. The number of hydrogen-bond donors (Lipinski definition) is 0. The Morgan fingerprint density at radius 1 is 1.33 bits per heavy atom. The summed E-state index contributed by atoms with van der Waals surface area (Å²) in [6.45, 7) is 7.83. The molecular formula is C14H20O3S. The standard InChI is InChI=1S/C14H20O3S/c1-5-12(14(15)17-6-2)18(16)13-8-7-10(3)9-11(13)4/h7-9,12H,5-6H2,1-4H3. The highest BCUT2D eigenvalue weighted by Crippen LogP contribution is 2.20. The zero-order valence-corrected chi connectivity index (χ0v) is 12.2. The third-order valence-electron chi connectivity index (χ3n) is 2.73. The zero-order valence-electron chi connectivity index (χ0n) is 11.4. The van der Waals surface area contributed by atoms with Crippen molar-refractivity contribution >= 4 is 16.8 Å². The lowest BCUT2D eigenvalue weighted by Gasteiger charge is -2.15. The molecule has 0 N–H and O–H groups in total. The van der Waals surface area contributed by atoms with E-state index in [0.717, 1.165) is 16.0 Å². The molecular weight excluding hydrogens is 248 g/mol. The summed E-state index contributed by atoms with van der Waals surface area (Å²) in [5.41, 5.74) is 2.08. The van der Waals surface area contributed by atoms with E-state index in [1.807, 2.05) is 39.0 Å². The predicted octanol–water partition coefficient (Wildman–Crippen LogP) is 2.75. The van der Waals surface area contributed by atoms with Crippen LogP contribution in [0, 0.1) is 13.8 Å². The number of ether oxygens (including phenoxy) is 1. The van der Waals surface area contributed by atoms with Gasteiger partial charge in [0, 0.05) is 4.90 Å². The van der Waals surface area contributed by atoms with Crippen LogP contribution in [0.1, 0.15) is 31.4 Å². The van der Waals surface area contributed by atoms with E-state index in [1.165, 1.54) is 0 Å². The van der Waals surface area contributed by atoms with Crippen LogP contribution in [0.4, 0.5) is 0 Å². The Morgan fingerprint density at radius 2 is 2.00 bits per heavy atom. The minimum Gasteiger partial charge on any atom is -0.465 e. The Morgan fingerprint density at radius 3 is 2.50 bits per heavy atom. The molecule has 0 saturated heterocycles. The number of rotatable bonds is 5. The van der Waals surface area contributed by atoms with E-state index in [-0.39, 0.29) is 5.97 Å². The van der Waals surface area contributed by atoms with Crippen molar-refractivity contribution < 1.29 is 13.7 Å². The van der Waals surface area contributed by atoms with Gasteiger partial charge in [0.1, 0.15) is 5.25 Å². The number of carbonyl (C=O) groups excluding carboxylic acids is 1. The molecule has 0 bridgehead atoms. The summed E-state index contributed by atoms with van der Waals surface area (Å²) in [4.78, 5) is 12.5. The first-order chi connectivity index (χ1) is 8.51. The summed E-state index contributed by atoms with van der Waals surface area (Å²) in [7, 11) is -1.35. The van der Waals surface area contributed by atoms with Gasteiger partial charge in [-0.05, 0) is 38.8 Å². The Kier molecular flexibility index (Phi) is 5.54. The molecule has 2 atom stereocenters. The Labute approximate surface area is 111 Å². The number of carbonyl (C=O) groups is 1. The highest BCUT2D eigenvalue weighted by atomic mass is 32.2. The quantitative estimate of drug-likeness (QED) is 0.771. The number of hydrogen-bond acceptors (Lipinski definition) is 3. The molecule has 1 aromatic carbocycles. The van der Waals surface area contributed by atoms with Gasteiger partial charge >= 0.3 is 5.97 Å². The van der Waals surface area contributed by atoms with Crippen molar-refractivity contribution in [3.8, 4) is 0 Å². The first-order valence-corrected chi connectivity index (χ1v) is 7.37. The van der Waals surface area contributed by atoms with Crippen LogP contribution < -0.4 is 0 Å². The summed E-state index contributed by atoms with van der Waals surface area (Å²) in [5, 5.41) is -0.577. The molecule has 0 radical (unpaired) electrons. The second-order valence-corrected chi connectivity index (χ2v) is 5.82. The highest BCUT2D eigenvalue weighted by molar-refractivity contribution is 7.86. The van der Waals surface area contributed by atoms with Crippen molar-refractivity contribution in [2.24, 2.45) is 0 Å². The summed E-state index contributed by atoms with van der Waals surface area (Å²) in [6.07, 6.45) is 0.513. The van der Waals surface area contributed by atoms with E-state index < -0.39 is 16.0 Å². The molecule has 0 aromatic heterocycles. The molecule has 3 nitrogen and oxygen atoms in total. The van der Waals surface area contributed by atoms with Gasteiger partial charge in [-0.1, -0.05) is 24.6 Å². The number of aryl methyl sites for hydroxylation is 2. The highest BCUT2D eigenvalue weighted by Gasteiger charge is 2.26. The lowest BCUT2D eigenvalue weighted by molar-refractivity contribution is -0.142. The molecule has 1 aromatic rings. The van der Waals surface area contributed by atoms with Gasteiger partial charge in [0.2, 0.25) is 0 Å². The van der Waals surface area contributed by atoms with E-state index in [2.05, 4.69) is 0 Å². The molecule has 0 heterocycles. The maximum Gasteiger partial charge on any atom is 0.322 e. The van der Waals surface area contributed by atoms with Gasteiger partial charge in [-0.25, -0.2) is 0 Å². The SMILES string of the molecule is CCOC(=O)C(CC)S(=O)c1ccc(C)cc1C. The van der Waals surface area contributed by atoms with Gasteiger partial charge in [0.25, 0.3) is 0 Å². The second-order valence-electron chi connectivity index (χ2n) is 4.22. The fourth-order valence-electron chi connectivity index (χ4n) is 1.82. The van der Waals surface area contributed by atoms with Crippen LogP contribution in [0.25, 0.3) is 0 Å². The molecule has 0 aliphatic rings. The molecule has 0 aliphatic heterocycles. The Balaban J connectivity index is 3.00. The Hall–Kier alpha value is -1.16. The minimum absolute atomic E-state index is 0.319. The van der Waals surface area contributed by atoms with Gasteiger partial charge in [0.15, 0.2) is 0 Å². The summed E-state index contributed by atoms with van der Waals surface area (Å²) < 4.78 is 17.4. The van der Waals surface area contributed by atoms with Gasteiger partial charge in [-0.3, -0.25) is 9.00 Å². The van der Waals surface area contributed by atoms with Crippen LogP contribution in [0.15, 0.2) is 23.1 Å². The molecule has 4 heteroatoms. The fraction of sp³-hybridized carbons (Fsp3) is 0.500. The van der Waals surface area contributed by atoms with E-state index in [1.54, 1.807) is 6.92 Å². The molecule has 100 valence electrons. The minimum atomic E-state index is -1.35. The predicted molar refractivity (Wildman–Crippen MR) is 73.0 cm³/mol. The lowest BCUT2D eigenvalue weighted by Crippen LogP contribution is -2.28. The summed E-state index contributed by atoms with van der Waals surface area (Å²) in [5.74, 6) is -0.377. The van der Waals surface area contributed by atoms with Crippen LogP contribution >= 0.6 is 0 Å². The zero-order chi connectivity index (χ0) is 13.7. The van der Waals surface area contributed by atoms with E-state index >= 15 is 0 Å². The summed E-state index contributed by atoms with van der Waals surface area (Å²) >= 11 is 0. The smallest absolute Gasteiger partial charge is 0.322 e. The summed E-state index contributed by atoms with van der Waals surface area (Å²) in [6, 6.07) is 5.73. The largest absolute Gasteiger partial charge is 0.465 e. The number of benzene rings is 1. The van der Waals surface area contributed by atoms with Crippen molar-refractivity contribution in [1.29, 1.82) is 0 Å². The van der Waals surface area contributed by atoms with Crippen LogP contribution in [0.2, 0.25) is 0 Å². The maximum atomic E-state index is 12.4. The molecule has 1 rings (SSSR count). The molecule has 0 spiro atoms. The van der Waals surface area contributed by atoms with Gasteiger partial charge in [-0.2, -0.15) is 0 Å². The van der Waals surface area contributed by atoms with E-state index in [0.29, 0.717) is 13.0 Å².